The molecule has 1 heterocycles. The van der Waals surface area contributed by atoms with Crippen molar-refractivity contribution in [2.45, 2.75) is 24.3 Å². The van der Waals surface area contributed by atoms with Crippen LogP contribution in [0, 0.1) is 17.2 Å². The number of nitrogens with zero attached hydrogens (tertiary/aromatic N) is 2. The van der Waals surface area contributed by atoms with Gasteiger partial charge in [0.2, 0.25) is 0 Å². The third-order valence-corrected chi connectivity index (χ3v) is 6.20. The van der Waals surface area contributed by atoms with Gasteiger partial charge in [-0.1, -0.05) is 24.3 Å². The molecule has 1 saturated carbocycles. The minimum absolute atomic E-state index is 0.121. The molecule has 1 aromatic carbocycles. The molecule has 1 saturated heterocycles. The summed E-state index contributed by atoms with van der Waals surface area (Å²) in [5, 5.41) is 10.1. The van der Waals surface area contributed by atoms with E-state index in [-0.39, 0.29) is 11.7 Å². The highest BCUT2D eigenvalue weighted by atomic mass is 16.5. The summed E-state index contributed by atoms with van der Waals surface area (Å²) in [4.78, 5) is 15.0. The van der Waals surface area contributed by atoms with Crippen LogP contribution in [0.25, 0.3) is 5.76 Å². The summed E-state index contributed by atoms with van der Waals surface area (Å²) in [6, 6.07) is 10.5. The molecule has 130 valence electrons. The van der Waals surface area contributed by atoms with E-state index in [1.165, 1.54) is 0 Å². The van der Waals surface area contributed by atoms with E-state index in [2.05, 4.69) is 11.0 Å². The van der Waals surface area contributed by atoms with Gasteiger partial charge < -0.3 is 9.47 Å². The van der Waals surface area contributed by atoms with Gasteiger partial charge in [-0.3, -0.25) is 9.69 Å². The van der Waals surface area contributed by atoms with E-state index in [9.17, 15) is 10.1 Å². The molecule has 1 aromatic rings. The van der Waals surface area contributed by atoms with Crippen LogP contribution in [0.15, 0.2) is 30.3 Å². The van der Waals surface area contributed by atoms with E-state index in [0.29, 0.717) is 19.6 Å². The van der Waals surface area contributed by atoms with E-state index < -0.39 is 11.0 Å². The van der Waals surface area contributed by atoms with Crippen LogP contribution in [0.1, 0.15) is 24.5 Å². The van der Waals surface area contributed by atoms with Crippen LogP contribution in [0.2, 0.25) is 0 Å². The van der Waals surface area contributed by atoms with Gasteiger partial charge in [0.1, 0.15) is 17.1 Å². The second kappa shape index (κ2) is 5.69. The van der Waals surface area contributed by atoms with Gasteiger partial charge in [-0.05, 0) is 25.0 Å². The predicted octanol–water partition coefficient (Wildman–Crippen LogP) is 2.13. The molecule has 0 radical (unpaired) electrons. The zero-order valence-electron chi connectivity index (χ0n) is 14.6. The topological polar surface area (TPSA) is 62.6 Å². The lowest BCUT2D eigenvalue weighted by atomic mass is 9.43. The molecule has 3 aliphatic rings. The molecule has 0 aromatic heterocycles. The monoisotopic (exact) mass is 338 g/mol. The number of carbonyl (C=O) groups is 1. The van der Waals surface area contributed by atoms with Crippen molar-refractivity contribution in [2.24, 2.45) is 5.92 Å². The molecular formula is C20H22N2O3. The van der Waals surface area contributed by atoms with Crippen molar-refractivity contribution < 1.29 is 14.3 Å². The van der Waals surface area contributed by atoms with E-state index >= 15 is 0 Å². The van der Waals surface area contributed by atoms with Gasteiger partial charge in [-0.25, -0.2) is 0 Å². The number of fused-ring (bicyclic) bond motifs is 3. The summed E-state index contributed by atoms with van der Waals surface area (Å²) < 4.78 is 11.1. The first-order chi connectivity index (χ1) is 12.1. The summed E-state index contributed by atoms with van der Waals surface area (Å²) in [6.45, 7) is 4.34. The molecule has 5 heteroatoms. The fourth-order valence-electron chi connectivity index (χ4n) is 4.95. The number of hydrogen-bond acceptors (Lipinski definition) is 5. The first-order valence-electron chi connectivity index (χ1n) is 8.71. The van der Waals surface area contributed by atoms with Crippen molar-refractivity contribution in [3.8, 4) is 6.07 Å². The van der Waals surface area contributed by atoms with Crippen molar-refractivity contribution in [1.29, 1.82) is 5.26 Å². The third-order valence-electron chi connectivity index (χ3n) is 6.20. The van der Waals surface area contributed by atoms with Gasteiger partial charge in [0.15, 0.2) is 0 Å². The number of Topliss-reactive ketones (excluding diaryl/α,β-unsaturated/α-hetero) is 1. The number of benzene rings is 1. The molecule has 0 amide bonds. The van der Waals surface area contributed by atoms with Gasteiger partial charge >= 0.3 is 0 Å². The van der Waals surface area contributed by atoms with Gasteiger partial charge in [-0.2, -0.15) is 5.26 Å². The van der Waals surface area contributed by atoms with E-state index in [1.54, 1.807) is 14.0 Å². The smallest absolute Gasteiger partial charge is 0.141 e. The van der Waals surface area contributed by atoms with Crippen molar-refractivity contribution in [2.75, 3.05) is 33.4 Å². The van der Waals surface area contributed by atoms with Crippen molar-refractivity contribution in [3.63, 3.8) is 0 Å². The second-order valence-corrected chi connectivity index (χ2v) is 7.10. The molecule has 3 atom stereocenters. The van der Waals surface area contributed by atoms with Crippen LogP contribution in [-0.2, 0) is 19.7 Å². The summed E-state index contributed by atoms with van der Waals surface area (Å²) in [5.74, 6) is 0.672. The van der Waals surface area contributed by atoms with Crippen LogP contribution in [0.3, 0.4) is 0 Å². The highest BCUT2D eigenvalue weighted by Crippen LogP contribution is 2.62. The number of nitriles is 1. The van der Waals surface area contributed by atoms with Gasteiger partial charge in [-0.15, -0.1) is 0 Å². The fourth-order valence-corrected chi connectivity index (χ4v) is 4.95. The number of hydrogen-bond donors (Lipinski definition) is 0. The summed E-state index contributed by atoms with van der Waals surface area (Å²) in [7, 11) is 1.64. The zero-order valence-corrected chi connectivity index (χ0v) is 14.6. The Balaban J connectivity index is 1.87. The molecule has 5 nitrogen and oxygen atoms in total. The Morgan fingerprint density at radius 1 is 1.36 bits per heavy atom. The molecule has 4 rings (SSSR count). The van der Waals surface area contributed by atoms with Gasteiger partial charge in [0.05, 0.1) is 31.8 Å². The molecule has 2 fully saturated rings. The maximum atomic E-state index is 12.8. The Morgan fingerprint density at radius 3 is 2.72 bits per heavy atom. The quantitative estimate of drug-likeness (QED) is 0.845. The molecular weight excluding hydrogens is 316 g/mol. The lowest BCUT2D eigenvalue weighted by molar-refractivity contribution is -0.142. The normalized spacial score (nSPS) is 34.0. The fraction of sp³-hybridized carbons (Fsp3) is 0.500. The van der Waals surface area contributed by atoms with E-state index in [1.807, 2.05) is 30.3 Å². The molecule has 0 bridgehead atoms. The number of carbonyl (C=O) groups excluding carboxylic acids is 1. The van der Waals surface area contributed by atoms with Gasteiger partial charge in [0.25, 0.3) is 0 Å². The first kappa shape index (κ1) is 16.3. The Bertz CT molecular complexity index is 790. The van der Waals surface area contributed by atoms with Crippen LogP contribution < -0.4 is 0 Å². The van der Waals surface area contributed by atoms with Crippen LogP contribution in [-0.4, -0.2) is 49.6 Å². The van der Waals surface area contributed by atoms with Crippen molar-refractivity contribution >= 4 is 11.5 Å². The number of ketones is 1. The van der Waals surface area contributed by atoms with Gasteiger partial charge in [0, 0.05) is 24.6 Å². The molecule has 0 unspecified atom stereocenters. The molecule has 25 heavy (non-hydrogen) atoms. The standard InChI is InChI=1S/C20H22N2O3/c1-14(23)20-12-19(13-21,22-7-9-25-10-8-22)18(20)11-17(24-2)15-5-3-4-6-16(15)20/h3-6,11,18H,7-10,12H2,1-2H3/t18-,19+,20+/m0/s1. The molecule has 1 aliphatic heterocycles. The van der Waals surface area contributed by atoms with Crippen LogP contribution in [0.5, 0.6) is 0 Å². The lowest BCUT2D eigenvalue weighted by Gasteiger charge is -2.63. The Hall–Kier alpha value is -2.16. The van der Waals surface area contributed by atoms with Crippen LogP contribution in [0.4, 0.5) is 0 Å². The van der Waals surface area contributed by atoms with Crippen molar-refractivity contribution in [3.05, 3.63) is 41.5 Å². The second-order valence-electron chi connectivity index (χ2n) is 7.10. The predicted molar refractivity (Wildman–Crippen MR) is 92.6 cm³/mol. The molecule has 2 aliphatic carbocycles. The Morgan fingerprint density at radius 2 is 2.08 bits per heavy atom. The van der Waals surface area contributed by atoms with E-state index in [4.69, 9.17) is 9.47 Å². The average Bonchev–Trinajstić information content (AvgIpc) is 2.63. The lowest BCUT2D eigenvalue weighted by Crippen LogP contribution is -2.74. The molecule has 0 N–H and O–H groups in total. The largest absolute Gasteiger partial charge is 0.496 e. The first-order valence-corrected chi connectivity index (χ1v) is 8.71. The molecule has 0 spiro atoms. The summed E-state index contributed by atoms with van der Waals surface area (Å²) in [6.07, 6.45) is 2.53. The Labute approximate surface area is 147 Å². The number of morpholine rings is 1. The third kappa shape index (κ3) is 1.98. The van der Waals surface area contributed by atoms with E-state index in [0.717, 1.165) is 30.0 Å². The average molecular weight is 338 g/mol. The SMILES string of the molecule is COC1=C[C@H]2[C@@](C#N)(N3CCOCC3)C[C@@]2(C(C)=O)c2ccccc21. The minimum Gasteiger partial charge on any atom is -0.496 e. The highest BCUT2D eigenvalue weighted by molar-refractivity contribution is 5.94. The Kier molecular flexibility index (Phi) is 3.71. The van der Waals surface area contributed by atoms with Crippen LogP contribution >= 0.6 is 0 Å². The van der Waals surface area contributed by atoms with Crippen molar-refractivity contribution in [1.82, 2.24) is 4.90 Å². The maximum absolute atomic E-state index is 12.8. The minimum atomic E-state index is -0.674. The summed E-state index contributed by atoms with van der Waals surface area (Å²) >= 11 is 0. The summed E-state index contributed by atoms with van der Waals surface area (Å²) in [5.41, 5.74) is 0.648. The zero-order chi connectivity index (χ0) is 17.7. The number of ether oxygens (including phenoxy) is 2. The number of rotatable bonds is 3. The maximum Gasteiger partial charge on any atom is 0.141 e. The number of methoxy groups -OCH3 is 1. The highest BCUT2D eigenvalue weighted by Gasteiger charge is 2.70.